The Hall–Kier alpha value is -0.860. The number of rotatable bonds is 3. The highest BCUT2D eigenvalue weighted by molar-refractivity contribution is 6.13. The average molecular weight is 156 g/mol. The fraction of sp³-hybridized carbons (Fsp3) is 0.750. The Morgan fingerprint density at radius 2 is 2.18 bits per heavy atom. The minimum absolute atomic E-state index is 0.0915. The van der Waals surface area contributed by atoms with E-state index in [1.54, 1.807) is 0 Å². The predicted octanol–water partition coefficient (Wildman–Crippen LogP) is 0.932. The Labute approximate surface area is 65.4 Å². The zero-order valence-corrected chi connectivity index (χ0v) is 6.70. The van der Waals surface area contributed by atoms with E-state index in [0.717, 1.165) is 6.42 Å². The quantitative estimate of drug-likeness (QED) is 0.618. The van der Waals surface area contributed by atoms with E-state index in [4.69, 9.17) is 5.11 Å². The summed E-state index contributed by atoms with van der Waals surface area (Å²) in [5.74, 6) is -1.51. The summed E-state index contributed by atoms with van der Waals surface area (Å²) in [7, 11) is 0. The molecule has 0 heterocycles. The number of carbonyl (C=O) groups excluding carboxylic acids is 1. The second kappa shape index (κ2) is 2.64. The molecule has 2 atom stereocenters. The summed E-state index contributed by atoms with van der Waals surface area (Å²) in [4.78, 5) is 21.2. The number of hydrogen-bond donors (Lipinski definition) is 1. The molecule has 62 valence electrons. The summed E-state index contributed by atoms with van der Waals surface area (Å²) in [5, 5.41) is 8.49. The minimum atomic E-state index is -0.958. The molecule has 0 bridgehead atoms. The maximum atomic E-state index is 10.8. The second-order valence-electron chi connectivity index (χ2n) is 3.45. The highest BCUT2D eigenvalue weighted by Crippen LogP contribution is 2.38. The van der Waals surface area contributed by atoms with Crippen LogP contribution in [0.1, 0.15) is 20.3 Å². The van der Waals surface area contributed by atoms with Gasteiger partial charge in [0.25, 0.3) is 0 Å². The van der Waals surface area contributed by atoms with Crippen molar-refractivity contribution >= 4 is 11.8 Å². The molecule has 1 fully saturated rings. The van der Waals surface area contributed by atoms with E-state index in [1.165, 1.54) is 0 Å². The number of ketones is 1. The summed E-state index contributed by atoms with van der Waals surface area (Å²) in [5.41, 5.74) is 0. The first kappa shape index (κ1) is 8.24. The van der Waals surface area contributed by atoms with Crippen molar-refractivity contribution in [2.24, 2.45) is 17.8 Å². The lowest BCUT2D eigenvalue weighted by Gasteiger charge is -1.98. The van der Waals surface area contributed by atoms with Gasteiger partial charge in [-0.3, -0.25) is 9.59 Å². The predicted molar refractivity (Wildman–Crippen MR) is 39.1 cm³/mol. The van der Waals surface area contributed by atoms with Gasteiger partial charge in [-0.15, -0.1) is 0 Å². The lowest BCUT2D eigenvalue weighted by molar-refractivity contribution is -0.139. The van der Waals surface area contributed by atoms with E-state index >= 15 is 0 Å². The lowest BCUT2D eigenvalue weighted by Crippen LogP contribution is -2.01. The van der Waals surface area contributed by atoms with E-state index in [2.05, 4.69) is 0 Å². The fourth-order valence-electron chi connectivity index (χ4n) is 1.35. The molecule has 11 heavy (non-hydrogen) atoms. The number of hydrogen-bond acceptors (Lipinski definition) is 2. The smallest absolute Gasteiger partial charge is 0.314 e. The summed E-state index contributed by atoms with van der Waals surface area (Å²) >= 11 is 0. The first-order chi connectivity index (χ1) is 5.04. The Morgan fingerprint density at radius 1 is 1.64 bits per heavy atom. The van der Waals surface area contributed by atoms with Gasteiger partial charge in [0.1, 0.15) is 5.92 Å². The highest BCUT2D eigenvalue weighted by Gasteiger charge is 2.54. The van der Waals surface area contributed by atoms with Crippen molar-refractivity contribution in [1.29, 1.82) is 0 Å². The number of Topliss-reactive ketones (excluding diaryl/α,β-unsaturated/α-hetero) is 1. The van der Waals surface area contributed by atoms with Gasteiger partial charge in [-0.25, -0.2) is 0 Å². The lowest BCUT2D eigenvalue weighted by atomic mass is 10.1. The molecule has 3 nitrogen and oxygen atoms in total. The molecule has 1 N–H and O–H groups in total. The Balaban J connectivity index is 2.42. The van der Waals surface area contributed by atoms with Gasteiger partial charge in [0.15, 0.2) is 5.78 Å². The third kappa shape index (κ3) is 1.59. The van der Waals surface area contributed by atoms with Crippen LogP contribution in [-0.2, 0) is 9.59 Å². The topological polar surface area (TPSA) is 54.4 Å². The van der Waals surface area contributed by atoms with Crippen molar-refractivity contribution in [1.82, 2.24) is 0 Å². The van der Waals surface area contributed by atoms with Crippen molar-refractivity contribution in [2.75, 3.05) is 0 Å². The summed E-state index contributed by atoms with van der Waals surface area (Å²) in [6, 6.07) is 0. The monoisotopic (exact) mass is 156 g/mol. The largest absolute Gasteiger partial charge is 0.481 e. The van der Waals surface area contributed by atoms with Crippen LogP contribution in [0.2, 0.25) is 0 Å². The van der Waals surface area contributed by atoms with Crippen molar-refractivity contribution in [3.8, 4) is 0 Å². The van der Waals surface area contributed by atoms with Crippen molar-refractivity contribution in [2.45, 2.75) is 20.3 Å². The summed E-state index contributed by atoms with van der Waals surface area (Å²) < 4.78 is 0. The maximum absolute atomic E-state index is 10.8. The molecular weight excluding hydrogens is 144 g/mol. The second-order valence-corrected chi connectivity index (χ2v) is 3.45. The minimum Gasteiger partial charge on any atom is -0.481 e. The molecule has 0 amide bonds. The van der Waals surface area contributed by atoms with E-state index < -0.39 is 11.9 Å². The van der Waals surface area contributed by atoms with Crippen LogP contribution in [0.3, 0.4) is 0 Å². The van der Waals surface area contributed by atoms with Gasteiger partial charge in [0.2, 0.25) is 0 Å². The SMILES string of the molecule is CC(C)CC1C(=O)C1C(=O)O. The van der Waals surface area contributed by atoms with Crippen molar-refractivity contribution < 1.29 is 14.7 Å². The van der Waals surface area contributed by atoms with Crippen LogP contribution in [0.5, 0.6) is 0 Å². The third-order valence-corrected chi connectivity index (χ3v) is 1.96. The van der Waals surface area contributed by atoms with Crippen LogP contribution >= 0.6 is 0 Å². The zero-order chi connectivity index (χ0) is 8.59. The number of carboxylic acid groups (broad SMARTS) is 1. The molecule has 1 rings (SSSR count). The van der Waals surface area contributed by atoms with Crippen LogP contribution in [-0.4, -0.2) is 16.9 Å². The molecule has 0 aromatic rings. The molecular formula is C8H12O3. The normalized spacial score (nSPS) is 29.2. The van der Waals surface area contributed by atoms with Crippen LogP contribution < -0.4 is 0 Å². The highest BCUT2D eigenvalue weighted by atomic mass is 16.4. The Bertz CT molecular complexity index is 196. The molecule has 0 aromatic carbocycles. The zero-order valence-electron chi connectivity index (χ0n) is 6.70. The van der Waals surface area contributed by atoms with Gasteiger partial charge >= 0.3 is 5.97 Å². The molecule has 1 saturated carbocycles. The molecule has 0 spiro atoms. The van der Waals surface area contributed by atoms with Gasteiger partial charge in [-0.2, -0.15) is 0 Å². The maximum Gasteiger partial charge on any atom is 0.314 e. The molecule has 0 saturated heterocycles. The van der Waals surface area contributed by atoms with Crippen LogP contribution in [0.4, 0.5) is 0 Å². The first-order valence-corrected chi connectivity index (χ1v) is 3.80. The number of aliphatic carboxylic acids is 1. The third-order valence-electron chi connectivity index (χ3n) is 1.96. The summed E-state index contributed by atoms with van der Waals surface area (Å²) in [6.07, 6.45) is 0.718. The van der Waals surface area contributed by atoms with Crippen molar-refractivity contribution in [3.63, 3.8) is 0 Å². The number of carboxylic acids is 1. The Morgan fingerprint density at radius 3 is 2.45 bits per heavy atom. The fourth-order valence-corrected chi connectivity index (χ4v) is 1.35. The molecule has 1 aliphatic rings. The molecule has 0 radical (unpaired) electrons. The van der Waals surface area contributed by atoms with Crippen LogP contribution in [0.15, 0.2) is 0 Å². The van der Waals surface area contributed by atoms with Crippen LogP contribution in [0, 0.1) is 17.8 Å². The summed E-state index contributed by atoms with van der Waals surface area (Å²) in [6.45, 7) is 3.98. The van der Waals surface area contributed by atoms with Gasteiger partial charge < -0.3 is 5.11 Å². The molecule has 1 aliphatic carbocycles. The van der Waals surface area contributed by atoms with Gasteiger partial charge in [-0.1, -0.05) is 13.8 Å². The van der Waals surface area contributed by atoms with Gasteiger partial charge in [0.05, 0.1) is 0 Å². The molecule has 0 aromatic heterocycles. The first-order valence-electron chi connectivity index (χ1n) is 3.80. The molecule has 3 heteroatoms. The van der Waals surface area contributed by atoms with E-state index in [9.17, 15) is 9.59 Å². The van der Waals surface area contributed by atoms with Crippen molar-refractivity contribution in [3.05, 3.63) is 0 Å². The van der Waals surface area contributed by atoms with Crippen LogP contribution in [0.25, 0.3) is 0 Å². The average Bonchev–Trinajstić information content (AvgIpc) is 2.40. The van der Waals surface area contributed by atoms with Gasteiger partial charge in [0, 0.05) is 5.92 Å². The number of carbonyl (C=O) groups is 2. The van der Waals surface area contributed by atoms with E-state index in [0.29, 0.717) is 5.92 Å². The van der Waals surface area contributed by atoms with E-state index in [1.807, 2.05) is 13.8 Å². The molecule has 2 unspecified atom stereocenters. The Kier molecular flexibility index (Phi) is 1.98. The standard InChI is InChI=1S/C8H12O3/c1-4(2)3-5-6(7(5)9)8(10)11/h4-6H,3H2,1-2H3,(H,10,11). The van der Waals surface area contributed by atoms with E-state index in [-0.39, 0.29) is 11.7 Å². The van der Waals surface area contributed by atoms with Gasteiger partial charge in [-0.05, 0) is 12.3 Å². The molecule has 0 aliphatic heterocycles.